The molecule has 1 aromatic carbocycles. The molecule has 2 aliphatic rings. The molecule has 1 fully saturated rings. The monoisotopic (exact) mass is 751 g/mol. The Morgan fingerprint density at radius 2 is 1.73 bits per heavy atom. The number of aromatic nitrogens is 2. The number of rotatable bonds is 15. The maximum absolute atomic E-state index is 14.0. The minimum atomic E-state index is -4.74. The summed E-state index contributed by atoms with van der Waals surface area (Å²) in [6.07, 6.45) is 4.98. The molecule has 246 valence electrons. The number of fused-ring (bicyclic) bond motifs is 1. The zero-order chi connectivity index (χ0) is 32.1. The predicted octanol–water partition coefficient (Wildman–Crippen LogP) is 6.13. The van der Waals surface area contributed by atoms with Crippen LogP contribution in [-0.2, 0) is 25.7 Å². The van der Waals surface area contributed by atoms with Crippen molar-refractivity contribution in [1.29, 1.82) is 0 Å². The van der Waals surface area contributed by atoms with E-state index in [1.54, 1.807) is 0 Å². The molecule has 3 heterocycles. The standard InChI is InChI=1S/C18H21F3N3O5S.C4H5O.2C4H9.Sn/c1-3-4-7-23(30(2,27)28)24-16(25)12-9-11(15-6-5-8-29-15)13(18(19,20)21)10-14(12)22-17(24)26;1-2-4-5-3-1;2*1-3-4-2;/h9-10,15H,1,3-8H2,2H3,(H,22,26);1H,2,4H2;2*1,3-4H2,2H3;. The molecule has 0 amide bonds. The SMILES string of the molecule is CCC[CH2][Sn]([CH2]CCC)([CH2]CCCN(n1c(=O)[nH]c2cc(C(F)(F)F)c(C3CCCO3)cc2c1=O)S(C)(=O)=O)[C]1=CCCO1. The van der Waals surface area contributed by atoms with E-state index < -0.39 is 57.5 Å². The van der Waals surface area contributed by atoms with Gasteiger partial charge in [0.2, 0.25) is 0 Å². The summed E-state index contributed by atoms with van der Waals surface area (Å²) in [6.45, 7) is 5.24. The van der Waals surface area contributed by atoms with Gasteiger partial charge in [0, 0.05) is 6.61 Å². The molecule has 2 aliphatic heterocycles. The summed E-state index contributed by atoms with van der Waals surface area (Å²) in [5.41, 5.74) is -3.61. The third-order valence-electron chi connectivity index (χ3n) is 8.73. The number of sulfonamides is 1. The molecule has 2 aromatic rings. The number of H-pyrrole nitrogens is 1. The van der Waals surface area contributed by atoms with Crippen LogP contribution in [0.1, 0.15) is 88.9 Å². The molecule has 1 saturated heterocycles. The minimum absolute atomic E-state index is 0.115. The molecule has 4 rings (SSSR count). The summed E-state index contributed by atoms with van der Waals surface area (Å²) >= 11 is -2.90. The van der Waals surface area contributed by atoms with Gasteiger partial charge in [0.1, 0.15) is 0 Å². The molecule has 1 unspecified atom stereocenters. The van der Waals surface area contributed by atoms with Gasteiger partial charge in [-0.15, -0.1) is 0 Å². The van der Waals surface area contributed by atoms with Gasteiger partial charge in [-0.25, -0.2) is 0 Å². The first kappa shape index (κ1) is 34.9. The van der Waals surface area contributed by atoms with Crippen molar-refractivity contribution >= 4 is 39.3 Å². The molecule has 0 spiro atoms. The summed E-state index contributed by atoms with van der Waals surface area (Å²) in [7, 11) is -4.10. The molecule has 9 nitrogen and oxygen atoms in total. The first-order valence-electron chi connectivity index (χ1n) is 15.7. The van der Waals surface area contributed by atoms with E-state index in [0.717, 1.165) is 59.3 Å². The molecular formula is C30H44F3N3O6SSn. The molecule has 14 heteroatoms. The van der Waals surface area contributed by atoms with Gasteiger partial charge in [0.05, 0.1) is 0 Å². The van der Waals surface area contributed by atoms with Gasteiger partial charge in [-0.3, -0.25) is 0 Å². The summed E-state index contributed by atoms with van der Waals surface area (Å²) in [6, 6.07) is 1.83. The first-order chi connectivity index (χ1) is 20.8. The average molecular weight is 750 g/mol. The third kappa shape index (κ3) is 7.86. The summed E-state index contributed by atoms with van der Waals surface area (Å²) in [4.78, 5) is 29.1. The van der Waals surface area contributed by atoms with Crippen molar-refractivity contribution in [2.75, 3.05) is 30.4 Å². The zero-order valence-corrected chi connectivity index (χ0v) is 29.5. The topological polar surface area (TPSA) is 111 Å². The second-order valence-electron chi connectivity index (χ2n) is 12.0. The van der Waals surface area contributed by atoms with Crippen LogP contribution in [0.25, 0.3) is 10.9 Å². The van der Waals surface area contributed by atoms with E-state index in [4.69, 9.17) is 9.47 Å². The number of aromatic amines is 1. The summed E-state index contributed by atoms with van der Waals surface area (Å²) < 4.78 is 85.2. The van der Waals surface area contributed by atoms with Crippen LogP contribution in [0.3, 0.4) is 0 Å². The average Bonchev–Trinajstić information content (AvgIpc) is 3.69. The van der Waals surface area contributed by atoms with E-state index in [0.29, 0.717) is 43.6 Å². The fourth-order valence-electron chi connectivity index (χ4n) is 6.50. The number of nitrogens with one attached hydrogen (secondary N) is 1. The van der Waals surface area contributed by atoms with E-state index in [-0.39, 0.29) is 23.0 Å². The van der Waals surface area contributed by atoms with Gasteiger partial charge in [-0.05, 0) is 6.42 Å². The quantitative estimate of drug-likeness (QED) is 0.173. The van der Waals surface area contributed by atoms with Crippen LogP contribution in [0.5, 0.6) is 0 Å². The van der Waals surface area contributed by atoms with E-state index in [1.807, 2.05) is 0 Å². The Hall–Kier alpha value is -2.00. The Kier molecular flexibility index (Phi) is 11.6. The Morgan fingerprint density at radius 1 is 1.05 bits per heavy atom. The van der Waals surface area contributed by atoms with Crippen molar-refractivity contribution in [2.24, 2.45) is 0 Å². The molecule has 44 heavy (non-hydrogen) atoms. The number of hydrogen-bond donors (Lipinski definition) is 1. The van der Waals surface area contributed by atoms with Crippen LogP contribution in [0.2, 0.25) is 13.3 Å². The number of unbranched alkanes of at least 4 members (excludes halogenated alkanes) is 3. The Morgan fingerprint density at radius 3 is 2.27 bits per heavy atom. The van der Waals surface area contributed by atoms with E-state index in [2.05, 4.69) is 24.9 Å². The zero-order valence-electron chi connectivity index (χ0n) is 25.8. The fraction of sp³-hybridized carbons (Fsp3) is 0.667. The third-order valence-corrected chi connectivity index (χ3v) is 25.0. The number of nitrogens with zero attached hydrogens (tertiary/aromatic N) is 2. The second kappa shape index (κ2) is 14.6. The van der Waals surface area contributed by atoms with Crippen LogP contribution in [0, 0.1) is 0 Å². The number of benzene rings is 1. The van der Waals surface area contributed by atoms with Gasteiger partial charge in [-0.1, -0.05) is 0 Å². The van der Waals surface area contributed by atoms with Crippen LogP contribution in [0.4, 0.5) is 13.2 Å². The van der Waals surface area contributed by atoms with Gasteiger partial charge in [-0.2, -0.15) is 13.2 Å². The fourth-order valence-corrected chi connectivity index (χ4v) is 23.0. The molecule has 0 radical (unpaired) electrons. The Bertz CT molecular complexity index is 1560. The van der Waals surface area contributed by atoms with Crippen molar-refractivity contribution < 1.29 is 31.1 Å². The molecule has 0 aliphatic carbocycles. The molecule has 0 bridgehead atoms. The number of ether oxygens (including phenoxy) is 2. The molecule has 1 atom stereocenters. The Balaban J connectivity index is 1.66. The number of halogens is 3. The normalized spacial score (nSPS) is 17.7. The van der Waals surface area contributed by atoms with Gasteiger partial charge in [0.15, 0.2) is 0 Å². The first-order valence-corrected chi connectivity index (χ1v) is 25.0. The summed E-state index contributed by atoms with van der Waals surface area (Å²) in [5, 5.41) is -0.212. The Labute approximate surface area is 260 Å². The van der Waals surface area contributed by atoms with Crippen LogP contribution < -0.4 is 15.7 Å². The maximum atomic E-state index is 14.0. The van der Waals surface area contributed by atoms with Crippen LogP contribution >= 0.6 is 0 Å². The van der Waals surface area contributed by atoms with Gasteiger partial charge >= 0.3 is 235 Å². The van der Waals surface area contributed by atoms with Crippen LogP contribution in [0.15, 0.2) is 31.6 Å². The molecule has 1 N–H and O–H groups in total. The van der Waals surface area contributed by atoms with Crippen molar-refractivity contribution in [3.8, 4) is 0 Å². The predicted molar refractivity (Wildman–Crippen MR) is 168 cm³/mol. The molecule has 0 saturated carbocycles. The molecule has 1 aromatic heterocycles. The van der Waals surface area contributed by atoms with Crippen molar-refractivity contribution in [1.82, 2.24) is 9.66 Å². The van der Waals surface area contributed by atoms with Crippen molar-refractivity contribution in [2.45, 2.75) is 97.2 Å². The van der Waals surface area contributed by atoms with E-state index >= 15 is 0 Å². The number of hydrogen-bond acceptors (Lipinski definition) is 6. The van der Waals surface area contributed by atoms with E-state index in [1.165, 1.54) is 12.6 Å². The molecular weight excluding hydrogens is 706 g/mol. The van der Waals surface area contributed by atoms with Crippen molar-refractivity contribution in [3.63, 3.8) is 0 Å². The van der Waals surface area contributed by atoms with Gasteiger partial charge < -0.3 is 0 Å². The van der Waals surface area contributed by atoms with Gasteiger partial charge in [0.25, 0.3) is 0 Å². The van der Waals surface area contributed by atoms with Crippen molar-refractivity contribution in [3.05, 3.63) is 53.9 Å². The summed E-state index contributed by atoms with van der Waals surface area (Å²) in [5.74, 6) is 0. The second-order valence-corrected chi connectivity index (χ2v) is 26.9. The van der Waals surface area contributed by atoms with Crippen LogP contribution in [-0.4, -0.2) is 62.5 Å². The number of alkyl halides is 3. The van der Waals surface area contributed by atoms with E-state index in [9.17, 15) is 31.2 Å².